The highest BCUT2D eigenvalue weighted by atomic mass is 35.5. The van der Waals surface area contributed by atoms with Crippen molar-refractivity contribution in [3.05, 3.63) is 63.9 Å². The van der Waals surface area contributed by atoms with Gasteiger partial charge in [0.25, 0.3) is 0 Å². The van der Waals surface area contributed by atoms with Crippen LogP contribution in [-0.2, 0) is 9.59 Å². The molecule has 1 aliphatic carbocycles. The molecular weight excluding hydrogens is 540 g/mol. The first-order valence-electron chi connectivity index (χ1n) is 13.5. The molecular formula is C30H40Cl2FN3O3. The van der Waals surface area contributed by atoms with Crippen LogP contribution in [0.5, 0.6) is 0 Å². The van der Waals surface area contributed by atoms with Crippen molar-refractivity contribution < 1.29 is 19.1 Å². The van der Waals surface area contributed by atoms with E-state index in [1.165, 1.54) is 6.07 Å². The van der Waals surface area contributed by atoms with Gasteiger partial charge < -0.3 is 21.1 Å². The zero-order valence-corrected chi connectivity index (χ0v) is 24.6. The summed E-state index contributed by atoms with van der Waals surface area (Å²) in [6, 6.07) is 12.2. The van der Waals surface area contributed by atoms with Crippen molar-refractivity contribution in [1.29, 1.82) is 0 Å². The number of carbonyl (C=O) groups excluding carboxylic acids is 2. The quantitative estimate of drug-likeness (QED) is 0.302. The molecule has 0 bridgehead atoms. The van der Waals surface area contributed by atoms with Gasteiger partial charge in [-0.3, -0.25) is 9.59 Å². The molecule has 0 spiro atoms. The molecule has 39 heavy (non-hydrogen) atoms. The standard InChI is InChI=1S/C22H25Cl2FN2O.C8H15NO2/c1-22(2,3)11-18-19(21(28)27-14-7-4-6-13(23)10-14)16(12-26-18)15-8-5-9-17(24)20(15)25;1-8(11)4-2-7(3-5-8)9-6-10/h4-10,16,18-19,26H,11-12H2,1-3H3,(H,27,28);6-7,11H,2-5H2,1H3,(H,9,10). The number of carbonyl (C=O) groups is 2. The van der Waals surface area contributed by atoms with Gasteiger partial charge in [-0.25, -0.2) is 4.39 Å². The summed E-state index contributed by atoms with van der Waals surface area (Å²) in [6.45, 7) is 8.77. The Morgan fingerprint density at radius 2 is 1.85 bits per heavy atom. The first kappa shape index (κ1) is 31.3. The molecule has 1 saturated heterocycles. The van der Waals surface area contributed by atoms with Gasteiger partial charge in [0, 0.05) is 35.3 Å². The molecule has 4 rings (SSSR count). The highest BCUT2D eigenvalue weighted by Crippen LogP contribution is 2.39. The lowest BCUT2D eigenvalue weighted by Crippen LogP contribution is -2.38. The third-order valence-electron chi connectivity index (χ3n) is 7.44. The monoisotopic (exact) mass is 579 g/mol. The van der Waals surface area contributed by atoms with Crippen molar-refractivity contribution in [3.63, 3.8) is 0 Å². The first-order valence-corrected chi connectivity index (χ1v) is 14.2. The summed E-state index contributed by atoms with van der Waals surface area (Å²) in [7, 11) is 0. The Kier molecular flexibility index (Phi) is 10.8. The van der Waals surface area contributed by atoms with E-state index in [1.54, 1.807) is 36.4 Å². The van der Waals surface area contributed by atoms with Gasteiger partial charge in [-0.05, 0) is 74.3 Å². The van der Waals surface area contributed by atoms with E-state index in [0.717, 1.165) is 38.5 Å². The van der Waals surface area contributed by atoms with E-state index in [9.17, 15) is 19.1 Å². The molecule has 2 aliphatic rings. The molecule has 2 amide bonds. The molecule has 3 unspecified atom stereocenters. The number of hydrogen-bond acceptors (Lipinski definition) is 4. The van der Waals surface area contributed by atoms with Crippen LogP contribution in [-0.4, -0.2) is 41.7 Å². The summed E-state index contributed by atoms with van der Waals surface area (Å²) in [5.41, 5.74) is 0.626. The van der Waals surface area contributed by atoms with Crippen molar-refractivity contribution >= 4 is 41.2 Å². The van der Waals surface area contributed by atoms with E-state index in [-0.39, 0.29) is 34.3 Å². The first-order chi connectivity index (χ1) is 18.3. The Morgan fingerprint density at radius 1 is 1.18 bits per heavy atom. The average Bonchev–Trinajstić information content (AvgIpc) is 3.24. The molecule has 2 aromatic carbocycles. The number of amides is 2. The van der Waals surface area contributed by atoms with Crippen molar-refractivity contribution in [2.45, 2.75) is 83.4 Å². The second kappa shape index (κ2) is 13.4. The molecule has 6 nitrogen and oxygen atoms in total. The minimum atomic E-state index is -0.499. The fourth-order valence-electron chi connectivity index (χ4n) is 5.44. The molecule has 3 atom stereocenters. The van der Waals surface area contributed by atoms with Crippen LogP contribution in [0.15, 0.2) is 42.5 Å². The van der Waals surface area contributed by atoms with Gasteiger partial charge in [0.15, 0.2) is 0 Å². The minimum absolute atomic E-state index is 0.0218. The summed E-state index contributed by atoms with van der Waals surface area (Å²) >= 11 is 12.0. The van der Waals surface area contributed by atoms with Crippen LogP contribution >= 0.6 is 23.2 Å². The van der Waals surface area contributed by atoms with Gasteiger partial charge in [0.05, 0.1) is 16.5 Å². The van der Waals surface area contributed by atoms with E-state index in [2.05, 4.69) is 36.7 Å². The Morgan fingerprint density at radius 3 is 2.46 bits per heavy atom. The minimum Gasteiger partial charge on any atom is -0.390 e. The number of benzene rings is 2. The molecule has 2 aromatic rings. The van der Waals surface area contributed by atoms with Crippen molar-refractivity contribution in [2.75, 3.05) is 11.9 Å². The highest BCUT2D eigenvalue weighted by Gasteiger charge is 2.44. The van der Waals surface area contributed by atoms with Crippen molar-refractivity contribution in [2.24, 2.45) is 11.3 Å². The van der Waals surface area contributed by atoms with Crippen LogP contribution in [0.2, 0.25) is 10.0 Å². The molecule has 214 valence electrons. The van der Waals surface area contributed by atoms with Gasteiger partial charge in [-0.1, -0.05) is 62.2 Å². The molecule has 4 N–H and O–H groups in total. The molecule has 1 saturated carbocycles. The third kappa shape index (κ3) is 9.17. The molecule has 1 aliphatic heterocycles. The number of rotatable bonds is 6. The SMILES string of the molecule is CC(C)(C)CC1NCC(c2cccc(Cl)c2F)C1C(=O)Nc1cccc(Cl)c1.CC1(O)CCC(NC=O)CC1. The number of halogens is 3. The number of aliphatic hydroxyl groups is 1. The molecule has 0 aromatic heterocycles. The van der Waals surface area contributed by atoms with Crippen LogP contribution in [0, 0.1) is 17.2 Å². The predicted molar refractivity (Wildman–Crippen MR) is 156 cm³/mol. The predicted octanol–water partition coefficient (Wildman–Crippen LogP) is 6.31. The lowest BCUT2D eigenvalue weighted by atomic mass is 9.78. The number of anilines is 1. The second-order valence-corrected chi connectivity index (χ2v) is 13.0. The third-order valence-corrected chi connectivity index (χ3v) is 7.97. The van der Waals surface area contributed by atoms with Crippen LogP contribution in [0.25, 0.3) is 0 Å². The van der Waals surface area contributed by atoms with Crippen molar-refractivity contribution in [3.8, 4) is 0 Å². The summed E-state index contributed by atoms with van der Waals surface area (Å²) in [4.78, 5) is 23.3. The van der Waals surface area contributed by atoms with Gasteiger partial charge in [-0.2, -0.15) is 0 Å². The zero-order chi connectivity index (χ0) is 28.8. The number of hydrogen-bond donors (Lipinski definition) is 4. The van der Waals surface area contributed by atoms with Crippen LogP contribution in [0.3, 0.4) is 0 Å². The maximum Gasteiger partial charge on any atom is 0.229 e. The average molecular weight is 581 g/mol. The summed E-state index contributed by atoms with van der Waals surface area (Å²) in [5.74, 6) is -1.32. The maximum absolute atomic E-state index is 14.7. The number of nitrogens with one attached hydrogen (secondary N) is 3. The highest BCUT2D eigenvalue weighted by molar-refractivity contribution is 6.31. The van der Waals surface area contributed by atoms with E-state index in [1.807, 2.05) is 6.92 Å². The fraction of sp³-hybridized carbons (Fsp3) is 0.533. The molecule has 1 heterocycles. The Balaban J connectivity index is 0.000000320. The summed E-state index contributed by atoms with van der Waals surface area (Å²) < 4.78 is 14.7. The van der Waals surface area contributed by atoms with E-state index < -0.39 is 17.3 Å². The van der Waals surface area contributed by atoms with E-state index >= 15 is 0 Å². The lowest BCUT2D eigenvalue weighted by Gasteiger charge is -2.32. The maximum atomic E-state index is 14.7. The normalized spacial score (nSPS) is 26.8. The Bertz CT molecular complexity index is 1130. The Labute approximate surface area is 241 Å². The zero-order valence-electron chi connectivity index (χ0n) is 23.1. The van der Waals surface area contributed by atoms with Gasteiger partial charge >= 0.3 is 0 Å². The fourth-order valence-corrected chi connectivity index (χ4v) is 5.81. The van der Waals surface area contributed by atoms with Gasteiger partial charge in [-0.15, -0.1) is 0 Å². The summed E-state index contributed by atoms with van der Waals surface area (Å²) in [5, 5.41) is 19.3. The van der Waals surface area contributed by atoms with E-state index in [0.29, 0.717) is 22.8 Å². The van der Waals surface area contributed by atoms with Crippen molar-refractivity contribution in [1.82, 2.24) is 10.6 Å². The van der Waals surface area contributed by atoms with Crippen LogP contribution in [0.1, 0.15) is 71.3 Å². The van der Waals surface area contributed by atoms with E-state index in [4.69, 9.17) is 23.2 Å². The van der Waals surface area contributed by atoms with Gasteiger partial charge in [0.2, 0.25) is 12.3 Å². The Hall–Kier alpha value is -2.19. The second-order valence-electron chi connectivity index (χ2n) is 12.1. The molecule has 9 heteroatoms. The molecule has 0 radical (unpaired) electrons. The lowest BCUT2D eigenvalue weighted by molar-refractivity contribution is -0.120. The summed E-state index contributed by atoms with van der Waals surface area (Å²) in [6.07, 6.45) is 4.90. The largest absolute Gasteiger partial charge is 0.390 e. The van der Waals surface area contributed by atoms with Crippen LogP contribution < -0.4 is 16.0 Å². The topological polar surface area (TPSA) is 90.5 Å². The molecule has 2 fully saturated rings. The van der Waals surface area contributed by atoms with Gasteiger partial charge in [0.1, 0.15) is 5.82 Å². The smallest absolute Gasteiger partial charge is 0.229 e. The van der Waals surface area contributed by atoms with Crippen LogP contribution in [0.4, 0.5) is 10.1 Å².